The van der Waals surface area contributed by atoms with E-state index in [2.05, 4.69) is 4.98 Å². The predicted octanol–water partition coefficient (Wildman–Crippen LogP) is 0.532. The van der Waals surface area contributed by atoms with Crippen LogP contribution in [0.25, 0.3) is 0 Å². The average Bonchev–Trinajstić information content (AvgIpc) is 2.34. The number of aromatic nitrogens is 1. The Bertz CT molecular complexity index is 420. The number of hydrogen-bond acceptors (Lipinski definition) is 4. The van der Waals surface area contributed by atoms with Gasteiger partial charge in [-0.3, -0.25) is 4.98 Å². The Morgan fingerprint density at radius 2 is 2.00 bits per heavy atom. The van der Waals surface area contributed by atoms with Crippen LogP contribution in [0.1, 0.15) is 5.56 Å². The highest BCUT2D eigenvalue weighted by molar-refractivity contribution is 7.89. The van der Waals surface area contributed by atoms with Gasteiger partial charge in [-0.1, -0.05) is 0 Å². The molecule has 0 aromatic carbocycles. The zero-order chi connectivity index (χ0) is 12.7. The summed E-state index contributed by atoms with van der Waals surface area (Å²) < 4.78 is 29.6. The van der Waals surface area contributed by atoms with Gasteiger partial charge in [0.2, 0.25) is 10.0 Å². The first kappa shape index (κ1) is 14.1. The fourth-order valence-corrected chi connectivity index (χ4v) is 2.38. The van der Waals surface area contributed by atoms with Crippen LogP contribution in [0.3, 0.4) is 0 Å². The van der Waals surface area contributed by atoms with Crippen molar-refractivity contribution in [3.8, 4) is 0 Å². The van der Waals surface area contributed by atoms with Gasteiger partial charge in [-0.2, -0.15) is 0 Å². The third-order valence-electron chi connectivity index (χ3n) is 2.49. The zero-order valence-corrected chi connectivity index (χ0v) is 11.0. The summed E-state index contributed by atoms with van der Waals surface area (Å²) in [5.41, 5.74) is 1.08. The molecule has 0 spiro atoms. The predicted molar refractivity (Wildman–Crippen MR) is 66.2 cm³/mol. The van der Waals surface area contributed by atoms with Crippen molar-refractivity contribution in [2.75, 3.05) is 33.1 Å². The molecule has 1 aromatic heterocycles. The molecule has 5 nitrogen and oxygen atoms in total. The van der Waals surface area contributed by atoms with Crippen molar-refractivity contribution in [3.05, 3.63) is 30.1 Å². The lowest BCUT2D eigenvalue weighted by Crippen LogP contribution is -2.32. The molecule has 1 aromatic rings. The van der Waals surface area contributed by atoms with Crippen LogP contribution >= 0.6 is 0 Å². The van der Waals surface area contributed by atoms with E-state index in [0.717, 1.165) is 5.56 Å². The van der Waals surface area contributed by atoms with Crippen molar-refractivity contribution in [2.24, 2.45) is 0 Å². The lowest BCUT2D eigenvalue weighted by atomic mass is 10.2. The van der Waals surface area contributed by atoms with E-state index in [9.17, 15) is 8.42 Å². The molecule has 17 heavy (non-hydrogen) atoms. The summed E-state index contributed by atoms with van der Waals surface area (Å²) in [6, 6.07) is 3.77. The molecular formula is C11H18N2O3S. The standard InChI is InChI=1S/C11H18N2O3S/c1-13(17(14,15)10-9-16-2)8-5-11-3-6-12-7-4-11/h3-4,6-7H,5,8-10H2,1-2H3. The number of pyridine rings is 1. The number of nitrogens with zero attached hydrogens (tertiary/aromatic N) is 2. The maximum Gasteiger partial charge on any atom is 0.216 e. The molecule has 0 N–H and O–H groups in total. The van der Waals surface area contributed by atoms with E-state index in [1.807, 2.05) is 12.1 Å². The summed E-state index contributed by atoms with van der Waals surface area (Å²) in [6.45, 7) is 0.692. The summed E-state index contributed by atoms with van der Waals surface area (Å²) in [4.78, 5) is 3.91. The third-order valence-corrected chi connectivity index (χ3v) is 4.30. The molecule has 0 atom stereocenters. The van der Waals surface area contributed by atoms with E-state index in [4.69, 9.17) is 4.74 Å². The van der Waals surface area contributed by atoms with Crippen molar-refractivity contribution < 1.29 is 13.2 Å². The van der Waals surface area contributed by atoms with Crippen LogP contribution < -0.4 is 0 Å². The Morgan fingerprint density at radius 3 is 2.59 bits per heavy atom. The van der Waals surface area contributed by atoms with Crippen molar-refractivity contribution in [3.63, 3.8) is 0 Å². The minimum atomic E-state index is -3.20. The van der Waals surface area contributed by atoms with Crippen LogP contribution in [0.5, 0.6) is 0 Å². The Hall–Kier alpha value is -0.980. The fourth-order valence-electron chi connectivity index (χ4n) is 1.32. The zero-order valence-electron chi connectivity index (χ0n) is 10.2. The van der Waals surface area contributed by atoms with E-state index in [-0.39, 0.29) is 12.4 Å². The van der Waals surface area contributed by atoms with Gasteiger partial charge in [0.15, 0.2) is 0 Å². The molecule has 96 valence electrons. The molecule has 1 heterocycles. The van der Waals surface area contributed by atoms with E-state index >= 15 is 0 Å². The number of likely N-dealkylation sites (N-methyl/N-ethyl adjacent to an activating group) is 1. The molecule has 1 rings (SSSR count). The Balaban J connectivity index is 2.47. The van der Waals surface area contributed by atoms with Gasteiger partial charge in [-0.05, 0) is 24.1 Å². The second-order valence-corrected chi connectivity index (χ2v) is 5.93. The fraction of sp³-hybridized carbons (Fsp3) is 0.545. The van der Waals surface area contributed by atoms with Gasteiger partial charge in [0.05, 0.1) is 12.4 Å². The van der Waals surface area contributed by atoms with Crippen molar-refractivity contribution in [1.82, 2.24) is 9.29 Å². The van der Waals surface area contributed by atoms with Crippen molar-refractivity contribution >= 4 is 10.0 Å². The number of ether oxygens (including phenoxy) is 1. The quantitative estimate of drug-likeness (QED) is 0.716. The summed E-state index contributed by atoms with van der Waals surface area (Å²) in [5, 5.41) is 0. The van der Waals surface area contributed by atoms with Gasteiger partial charge in [-0.25, -0.2) is 12.7 Å². The van der Waals surface area contributed by atoms with Crippen molar-refractivity contribution in [1.29, 1.82) is 0 Å². The van der Waals surface area contributed by atoms with E-state index in [1.54, 1.807) is 19.4 Å². The topological polar surface area (TPSA) is 59.5 Å². The summed E-state index contributed by atoms with van der Waals surface area (Å²) >= 11 is 0. The molecule has 0 bridgehead atoms. The number of methoxy groups -OCH3 is 1. The van der Waals surface area contributed by atoms with E-state index < -0.39 is 10.0 Å². The third kappa shape index (κ3) is 4.80. The van der Waals surface area contributed by atoms with Gasteiger partial charge in [0.1, 0.15) is 0 Å². The molecule has 6 heteroatoms. The molecule has 0 saturated carbocycles. The molecule has 0 fully saturated rings. The normalized spacial score (nSPS) is 11.9. The molecular weight excluding hydrogens is 240 g/mol. The Labute approximate surface area is 102 Å². The van der Waals surface area contributed by atoms with Crippen molar-refractivity contribution in [2.45, 2.75) is 6.42 Å². The molecule has 0 amide bonds. The number of hydrogen-bond donors (Lipinski definition) is 0. The summed E-state index contributed by atoms with van der Waals surface area (Å²) in [5.74, 6) is 0.0242. The lowest BCUT2D eigenvalue weighted by molar-refractivity contribution is 0.216. The maximum absolute atomic E-state index is 11.7. The molecule has 0 radical (unpaired) electrons. The molecule has 0 saturated heterocycles. The molecule has 0 unspecified atom stereocenters. The highest BCUT2D eigenvalue weighted by Crippen LogP contribution is 2.03. The monoisotopic (exact) mass is 258 g/mol. The largest absolute Gasteiger partial charge is 0.384 e. The summed E-state index contributed by atoms with van der Waals surface area (Å²) in [6.07, 6.45) is 4.09. The highest BCUT2D eigenvalue weighted by atomic mass is 32.2. The smallest absolute Gasteiger partial charge is 0.216 e. The van der Waals surface area contributed by atoms with E-state index in [1.165, 1.54) is 11.4 Å². The first-order chi connectivity index (χ1) is 8.06. The molecule has 0 aliphatic carbocycles. The minimum Gasteiger partial charge on any atom is -0.384 e. The van der Waals surface area contributed by atoms with Crippen LogP contribution in [-0.4, -0.2) is 50.8 Å². The van der Waals surface area contributed by atoms with Gasteiger partial charge in [0.25, 0.3) is 0 Å². The van der Waals surface area contributed by atoms with Gasteiger partial charge in [0, 0.05) is 33.1 Å². The van der Waals surface area contributed by atoms with Crippen LogP contribution in [0.4, 0.5) is 0 Å². The van der Waals surface area contributed by atoms with Crippen LogP contribution in [0.15, 0.2) is 24.5 Å². The second-order valence-electron chi connectivity index (χ2n) is 3.74. The lowest BCUT2D eigenvalue weighted by Gasteiger charge is -2.16. The number of rotatable bonds is 7. The Kier molecular flexibility index (Phi) is 5.54. The van der Waals surface area contributed by atoms with Crippen LogP contribution in [0, 0.1) is 0 Å². The van der Waals surface area contributed by atoms with Crippen LogP contribution in [-0.2, 0) is 21.2 Å². The minimum absolute atomic E-state index is 0.0242. The SMILES string of the molecule is COCCS(=O)(=O)N(C)CCc1ccncc1. The summed E-state index contributed by atoms with van der Waals surface area (Å²) in [7, 11) is -0.118. The van der Waals surface area contributed by atoms with Gasteiger partial charge >= 0.3 is 0 Å². The average molecular weight is 258 g/mol. The number of sulfonamides is 1. The van der Waals surface area contributed by atoms with Crippen LogP contribution in [0.2, 0.25) is 0 Å². The van der Waals surface area contributed by atoms with E-state index in [0.29, 0.717) is 13.0 Å². The maximum atomic E-state index is 11.7. The van der Waals surface area contributed by atoms with Gasteiger partial charge in [-0.15, -0.1) is 0 Å². The first-order valence-corrected chi connectivity index (χ1v) is 6.99. The van der Waals surface area contributed by atoms with Gasteiger partial charge < -0.3 is 4.74 Å². The molecule has 0 aliphatic rings. The molecule has 0 aliphatic heterocycles. The Morgan fingerprint density at radius 1 is 1.35 bits per heavy atom. The second kappa shape index (κ2) is 6.68. The first-order valence-electron chi connectivity index (χ1n) is 5.38. The highest BCUT2D eigenvalue weighted by Gasteiger charge is 2.16.